The average Bonchev–Trinajstić information content (AvgIpc) is 2.54. The highest BCUT2D eigenvalue weighted by Gasteiger charge is 2.26. The maximum atomic E-state index is 12.3. The molecule has 7 heteroatoms. The standard InChI is InChI=1S/C16H24N2O4S/c1-13-3-2-8-18(12-13)23(19,20)17-7-6-14-4-5-15-16(11-14)22-10-9-21-15/h4-5,11,13,17H,2-3,6-10,12H2,1H3/t13-/m1/s1. The van der Waals surface area contributed by atoms with Crippen molar-refractivity contribution in [2.75, 3.05) is 32.8 Å². The number of benzene rings is 1. The molecular weight excluding hydrogens is 316 g/mol. The predicted octanol–water partition coefficient (Wildman–Crippen LogP) is 1.57. The Labute approximate surface area is 138 Å². The Morgan fingerprint density at radius 1 is 1.26 bits per heavy atom. The summed E-state index contributed by atoms with van der Waals surface area (Å²) in [7, 11) is -3.38. The first-order chi connectivity index (χ1) is 11.0. The highest BCUT2D eigenvalue weighted by molar-refractivity contribution is 7.87. The van der Waals surface area contributed by atoms with Gasteiger partial charge in [0.25, 0.3) is 10.2 Å². The molecule has 0 radical (unpaired) electrons. The van der Waals surface area contributed by atoms with E-state index in [2.05, 4.69) is 11.6 Å². The Morgan fingerprint density at radius 2 is 2.04 bits per heavy atom. The van der Waals surface area contributed by atoms with Gasteiger partial charge < -0.3 is 9.47 Å². The molecule has 128 valence electrons. The lowest BCUT2D eigenvalue weighted by molar-refractivity contribution is 0.171. The van der Waals surface area contributed by atoms with Crippen molar-refractivity contribution in [3.63, 3.8) is 0 Å². The summed E-state index contributed by atoms with van der Waals surface area (Å²) in [5.74, 6) is 1.92. The van der Waals surface area contributed by atoms with Crippen LogP contribution in [0.2, 0.25) is 0 Å². The van der Waals surface area contributed by atoms with Crippen LogP contribution in [0.15, 0.2) is 18.2 Å². The Balaban J connectivity index is 1.54. The second-order valence-corrected chi connectivity index (χ2v) is 7.99. The van der Waals surface area contributed by atoms with Gasteiger partial charge in [-0.2, -0.15) is 12.7 Å². The molecule has 0 saturated carbocycles. The first-order valence-electron chi connectivity index (χ1n) is 8.18. The molecule has 0 unspecified atom stereocenters. The number of nitrogens with zero attached hydrogens (tertiary/aromatic N) is 1. The summed E-state index contributed by atoms with van der Waals surface area (Å²) < 4.78 is 39.9. The van der Waals surface area contributed by atoms with Crippen molar-refractivity contribution in [1.82, 2.24) is 9.03 Å². The first kappa shape index (κ1) is 16.5. The van der Waals surface area contributed by atoms with Crippen LogP contribution in [-0.2, 0) is 16.6 Å². The smallest absolute Gasteiger partial charge is 0.279 e. The van der Waals surface area contributed by atoms with Crippen LogP contribution in [0, 0.1) is 5.92 Å². The van der Waals surface area contributed by atoms with Gasteiger partial charge in [-0.3, -0.25) is 0 Å². The lowest BCUT2D eigenvalue weighted by atomic mass is 10.0. The van der Waals surface area contributed by atoms with Gasteiger partial charge in [0.15, 0.2) is 11.5 Å². The van der Waals surface area contributed by atoms with Gasteiger partial charge >= 0.3 is 0 Å². The van der Waals surface area contributed by atoms with Gasteiger partial charge in [0.05, 0.1) is 0 Å². The van der Waals surface area contributed by atoms with Crippen LogP contribution in [0.4, 0.5) is 0 Å². The molecule has 0 amide bonds. The van der Waals surface area contributed by atoms with Crippen LogP contribution in [0.25, 0.3) is 0 Å². The molecule has 23 heavy (non-hydrogen) atoms. The Hall–Kier alpha value is -1.31. The van der Waals surface area contributed by atoms with Crippen molar-refractivity contribution in [2.24, 2.45) is 5.92 Å². The van der Waals surface area contributed by atoms with Crippen LogP contribution in [0.1, 0.15) is 25.3 Å². The Kier molecular flexibility index (Phi) is 5.08. The van der Waals surface area contributed by atoms with Gasteiger partial charge in [0.2, 0.25) is 0 Å². The van der Waals surface area contributed by atoms with Gasteiger partial charge in [-0.15, -0.1) is 0 Å². The van der Waals surface area contributed by atoms with Gasteiger partial charge in [-0.05, 0) is 42.9 Å². The van der Waals surface area contributed by atoms with Gasteiger partial charge in [0, 0.05) is 19.6 Å². The topological polar surface area (TPSA) is 67.9 Å². The fraction of sp³-hybridized carbons (Fsp3) is 0.625. The molecule has 1 saturated heterocycles. The quantitative estimate of drug-likeness (QED) is 0.883. The van der Waals surface area contributed by atoms with Crippen molar-refractivity contribution in [3.05, 3.63) is 23.8 Å². The summed E-state index contributed by atoms with van der Waals surface area (Å²) in [5, 5.41) is 0. The molecule has 2 heterocycles. The Bertz CT molecular complexity index is 647. The summed E-state index contributed by atoms with van der Waals surface area (Å²) in [5.41, 5.74) is 1.03. The van der Waals surface area contributed by atoms with Crippen molar-refractivity contribution >= 4 is 10.2 Å². The molecule has 1 N–H and O–H groups in total. The fourth-order valence-corrected chi connectivity index (χ4v) is 4.39. The second-order valence-electron chi connectivity index (χ2n) is 6.23. The molecule has 0 bridgehead atoms. The highest BCUT2D eigenvalue weighted by Crippen LogP contribution is 2.30. The number of hydrogen-bond acceptors (Lipinski definition) is 4. The minimum Gasteiger partial charge on any atom is -0.486 e. The molecule has 0 aliphatic carbocycles. The van der Waals surface area contributed by atoms with E-state index in [-0.39, 0.29) is 0 Å². The van der Waals surface area contributed by atoms with E-state index in [9.17, 15) is 8.42 Å². The zero-order chi connectivity index (χ0) is 16.3. The summed E-state index contributed by atoms with van der Waals surface area (Å²) in [6, 6.07) is 5.75. The van der Waals surface area contributed by atoms with Crippen LogP contribution < -0.4 is 14.2 Å². The number of ether oxygens (including phenoxy) is 2. The van der Waals surface area contributed by atoms with E-state index in [1.165, 1.54) is 0 Å². The maximum Gasteiger partial charge on any atom is 0.279 e. The third kappa shape index (κ3) is 4.16. The van der Waals surface area contributed by atoms with E-state index in [0.29, 0.717) is 45.2 Å². The molecule has 2 aliphatic heterocycles. The summed E-state index contributed by atoms with van der Waals surface area (Å²) in [6.07, 6.45) is 2.66. The van der Waals surface area contributed by atoms with Crippen molar-refractivity contribution < 1.29 is 17.9 Å². The van der Waals surface area contributed by atoms with Gasteiger partial charge in [-0.1, -0.05) is 13.0 Å². The first-order valence-corrected chi connectivity index (χ1v) is 9.62. The van der Waals surface area contributed by atoms with Gasteiger partial charge in [-0.25, -0.2) is 4.72 Å². The van der Waals surface area contributed by atoms with Crippen molar-refractivity contribution in [1.29, 1.82) is 0 Å². The summed E-state index contributed by atoms with van der Waals surface area (Å²) in [4.78, 5) is 0. The van der Waals surface area contributed by atoms with E-state index >= 15 is 0 Å². The molecule has 3 rings (SSSR count). The van der Waals surface area contributed by atoms with E-state index in [4.69, 9.17) is 9.47 Å². The summed E-state index contributed by atoms with van der Waals surface area (Å²) >= 11 is 0. The van der Waals surface area contributed by atoms with Crippen LogP contribution in [-0.4, -0.2) is 45.6 Å². The van der Waals surface area contributed by atoms with Crippen LogP contribution in [0.3, 0.4) is 0 Å². The molecule has 1 atom stereocenters. The largest absolute Gasteiger partial charge is 0.486 e. The molecule has 1 aromatic rings. The van der Waals surface area contributed by atoms with Crippen molar-refractivity contribution in [3.8, 4) is 11.5 Å². The maximum absolute atomic E-state index is 12.3. The van der Waals surface area contributed by atoms with Crippen LogP contribution >= 0.6 is 0 Å². The van der Waals surface area contributed by atoms with Crippen molar-refractivity contribution in [2.45, 2.75) is 26.2 Å². The summed E-state index contributed by atoms with van der Waals surface area (Å²) in [6.45, 7) is 4.82. The molecule has 1 aromatic carbocycles. The zero-order valence-electron chi connectivity index (χ0n) is 13.5. The third-order valence-corrected chi connectivity index (χ3v) is 5.84. The predicted molar refractivity (Wildman–Crippen MR) is 88.0 cm³/mol. The highest BCUT2D eigenvalue weighted by atomic mass is 32.2. The normalized spacial score (nSPS) is 22.0. The van der Waals surface area contributed by atoms with E-state index in [1.807, 2.05) is 18.2 Å². The van der Waals surface area contributed by atoms with E-state index < -0.39 is 10.2 Å². The lowest BCUT2D eigenvalue weighted by Gasteiger charge is -2.30. The Morgan fingerprint density at radius 3 is 2.83 bits per heavy atom. The fourth-order valence-electron chi connectivity index (χ4n) is 3.02. The minimum atomic E-state index is -3.38. The SMILES string of the molecule is C[C@@H]1CCCN(S(=O)(=O)NCCc2ccc3c(c2)OCCO3)C1. The lowest BCUT2D eigenvalue weighted by Crippen LogP contribution is -2.46. The molecule has 1 fully saturated rings. The van der Waals surface area contributed by atoms with E-state index in [0.717, 1.165) is 29.9 Å². The monoisotopic (exact) mass is 340 g/mol. The molecule has 6 nitrogen and oxygen atoms in total. The zero-order valence-corrected chi connectivity index (χ0v) is 14.3. The van der Waals surface area contributed by atoms with Crippen LogP contribution in [0.5, 0.6) is 11.5 Å². The molecule has 0 aromatic heterocycles. The van der Waals surface area contributed by atoms with Gasteiger partial charge in [0.1, 0.15) is 13.2 Å². The van der Waals surface area contributed by atoms with E-state index in [1.54, 1.807) is 4.31 Å². The number of fused-ring (bicyclic) bond motifs is 1. The number of piperidine rings is 1. The second kappa shape index (κ2) is 7.07. The molecule has 2 aliphatic rings. The molecule has 0 spiro atoms. The number of rotatable bonds is 5. The third-order valence-electron chi connectivity index (χ3n) is 4.26. The number of hydrogen-bond donors (Lipinski definition) is 1. The molecular formula is C16H24N2O4S. The average molecular weight is 340 g/mol. The minimum absolute atomic E-state index is 0.382. The number of nitrogens with one attached hydrogen (secondary N) is 1.